The standard InChI is InChI=1S/C15H18N4O2S/c1-13-2-4-14(5-3-13)22(20,21)19-10-8-18(9-11-19)15-12-16-6-7-17-15/h2-7,12H,8-11H2,1H3. The number of aryl methyl sites for hydroxylation is 1. The fourth-order valence-electron chi connectivity index (χ4n) is 2.47. The summed E-state index contributed by atoms with van der Waals surface area (Å²) in [5.41, 5.74) is 1.05. The zero-order valence-electron chi connectivity index (χ0n) is 12.4. The van der Waals surface area contributed by atoms with Gasteiger partial charge in [-0.1, -0.05) is 17.7 Å². The van der Waals surface area contributed by atoms with Crippen molar-refractivity contribution >= 4 is 15.8 Å². The number of nitrogens with zero attached hydrogens (tertiary/aromatic N) is 4. The molecule has 1 aromatic heterocycles. The van der Waals surface area contributed by atoms with Gasteiger partial charge in [0.15, 0.2) is 0 Å². The first kappa shape index (κ1) is 14.9. The van der Waals surface area contributed by atoms with E-state index in [4.69, 9.17) is 0 Å². The maximum Gasteiger partial charge on any atom is 0.243 e. The Morgan fingerprint density at radius 2 is 1.68 bits per heavy atom. The number of piperazine rings is 1. The highest BCUT2D eigenvalue weighted by Gasteiger charge is 2.28. The number of sulfonamides is 1. The van der Waals surface area contributed by atoms with Crippen LogP contribution in [0, 0.1) is 6.92 Å². The molecule has 6 nitrogen and oxygen atoms in total. The Morgan fingerprint density at radius 3 is 2.27 bits per heavy atom. The highest BCUT2D eigenvalue weighted by Crippen LogP contribution is 2.19. The molecular weight excluding hydrogens is 300 g/mol. The summed E-state index contributed by atoms with van der Waals surface area (Å²) in [5, 5.41) is 0. The molecule has 0 unspecified atom stereocenters. The van der Waals surface area contributed by atoms with Crippen molar-refractivity contribution in [2.75, 3.05) is 31.1 Å². The second-order valence-corrected chi connectivity index (χ2v) is 7.21. The van der Waals surface area contributed by atoms with Crippen LogP contribution >= 0.6 is 0 Å². The lowest BCUT2D eigenvalue weighted by Gasteiger charge is -2.34. The molecule has 2 aromatic rings. The van der Waals surface area contributed by atoms with Gasteiger partial charge in [-0.25, -0.2) is 13.4 Å². The van der Waals surface area contributed by atoms with Crippen molar-refractivity contribution < 1.29 is 8.42 Å². The Morgan fingerprint density at radius 1 is 1.00 bits per heavy atom. The van der Waals surface area contributed by atoms with Gasteiger partial charge in [-0.3, -0.25) is 4.98 Å². The highest BCUT2D eigenvalue weighted by molar-refractivity contribution is 7.89. The number of rotatable bonds is 3. The number of benzene rings is 1. The maximum atomic E-state index is 12.6. The maximum absolute atomic E-state index is 12.6. The quantitative estimate of drug-likeness (QED) is 0.853. The molecule has 1 fully saturated rings. The summed E-state index contributed by atoms with van der Waals surface area (Å²) in [6.45, 7) is 4.07. The topological polar surface area (TPSA) is 66.4 Å². The SMILES string of the molecule is Cc1ccc(S(=O)(=O)N2CCN(c3cnccn3)CC2)cc1. The number of hydrogen-bond donors (Lipinski definition) is 0. The molecule has 3 rings (SSSR count). The first-order chi connectivity index (χ1) is 10.6. The molecule has 0 aliphatic carbocycles. The molecular formula is C15H18N4O2S. The van der Waals surface area contributed by atoms with E-state index in [1.807, 2.05) is 24.0 Å². The van der Waals surface area contributed by atoms with E-state index in [0.717, 1.165) is 11.4 Å². The van der Waals surface area contributed by atoms with Gasteiger partial charge >= 0.3 is 0 Å². The van der Waals surface area contributed by atoms with Gasteiger partial charge in [0, 0.05) is 38.6 Å². The van der Waals surface area contributed by atoms with E-state index in [2.05, 4.69) is 9.97 Å². The Labute approximate surface area is 130 Å². The van der Waals surface area contributed by atoms with Crippen LogP contribution < -0.4 is 4.90 Å². The molecule has 0 saturated carbocycles. The second kappa shape index (κ2) is 6.02. The molecule has 1 aliphatic rings. The van der Waals surface area contributed by atoms with Gasteiger partial charge in [0.25, 0.3) is 0 Å². The van der Waals surface area contributed by atoms with Crippen LogP contribution in [0.3, 0.4) is 0 Å². The predicted molar refractivity (Wildman–Crippen MR) is 84.2 cm³/mol. The summed E-state index contributed by atoms with van der Waals surface area (Å²) in [7, 11) is -3.41. The predicted octanol–water partition coefficient (Wildman–Crippen LogP) is 1.30. The summed E-state index contributed by atoms with van der Waals surface area (Å²) >= 11 is 0. The summed E-state index contributed by atoms with van der Waals surface area (Å²) in [4.78, 5) is 10.7. The van der Waals surface area contributed by atoms with Crippen LogP contribution in [0.2, 0.25) is 0 Å². The summed E-state index contributed by atoms with van der Waals surface area (Å²) < 4.78 is 26.8. The Kier molecular flexibility index (Phi) is 4.08. The molecule has 7 heteroatoms. The van der Waals surface area contributed by atoms with Crippen molar-refractivity contribution in [3.05, 3.63) is 48.4 Å². The Balaban J connectivity index is 1.72. The molecule has 0 atom stereocenters. The summed E-state index contributed by atoms with van der Waals surface area (Å²) in [5.74, 6) is 0.787. The highest BCUT2D eigenvalue weighted by atomic mass is 32.2. The Hall–Kier alpha value is -1.99. The van der Waals surface area contributed by atoms with Gasteiger partial charge in [-0.05, 0) is 19.1 Å². The number of anilines is 1. The molecule has 1 aliphatic heterocycles. The minimum atomic E-state index is -3.41. The van der Waals surface area contributed by atoms with E-state index < -0.39 is 10.0 Å². The van der Waals surface area contributed by atoms with Crippen LogP contribution in [0.1, 0.15) is 5.56 Å². The smallest absolute Gasteiger partial charge is 0.243 e. The number of aromatic nitrogens is 2. The third-order valence-electron chi connectivity index (χ3n) is 3.77. The number of hydrogen-bond acceptors (Lipinski definition) is 5. The van der Waals surface area contributed by atoms with Gasteiger partial charge in [-0.2, -0.15) is 4.31 Å². The molecule has 0 N–H and O–H groups in total. The van der Waals surface area contributed by atoms with E-state index in [0.29, 0.717) is 31.1 Å². The third-order valence-corrected chi connectivity index (χ3v) is 5.68. The molecule has 116 valence electrons. The lowest BCUT2D eigenvalue weighted by molar-refractivity contribution is 0.383. The lowest BCUT2D eigenvalue weighted by atomic mass is 10.2. The van der Waals surface area contributed by atoms with Gasteiger partial charge < -0.3 is 4.90 Å². The van der Waals surface area contributed by atoms with Crippen molar-refractivity contribution in [2.45, 2.75) is 11.8 Å². The van der Waals surface area contributed by atoms with Crippen LogP contribution in [0.15, 0.2) is 47.8 Å². The summed E-state index contributed by atoms with van der Waals surface area (Å²) in [6.07, 6.45) is 4.97. The van der Waals surface area contributed by atoms with E-state index in [1.165, 1.54) is 4.31 Å². The fourth-order valence-corrected chi connectivity index (χ4v) is 3.89. The largest absolute Gasteiger partial charge is 0.353 e. The van der Waals surface area contributed by atoms with Crippen molar-refractivity contribution in [1.29, 1.82) is 0 Å². The average molecular weight is 318 g/mol. The molecule has 0 bridgehead atoms. The van der Waals surface area contributed by atoms with E-state index in [-0.39, 0.29) is 0 Å². The average Bonchev–Trinajstić information content (AvgIpc) is 2.56. The van der Waals surface area contributed by atoms with Crippen molar-refractivity contribution in [3.63, 3.8) is 0 Å². The van der Waals surface area contributed by atoms with Crippen molar-refractivity contribution in [1.82, 2.24) is 14.3 Å². The van der Waals surface area contributed by atoms with Crippen LogP contribution in [0.5, 0.6) is 0 Å². The minimum Gasteiger partial charge on any atom is -0.353 e. The van der Waals surface area contributed by atoms with Crippen LogP contribution in [0.4, 0.5) is 5.82 Å². The normalized spacial score (nSPS) is 16.7. The van der Waals surface area contributed by atoms with Crippen LogP contribution in [-0.4, -0.2) is 48.9 Å². The fraction of sp³-hybridized carbons (Fsp3) is 0.333. The Bertz CT molecular complexity index is 724. The lowest BCUT2D eigenvalue weighted by Crippen LogP contribution is -2.48. The molecule has 22 heavy (non-hydrogen) atoms. The second-order valence-electron chi connectivity index (χ2n) is 5.27. The molecule has 2 heterocycles. The van der Waals surface area contributed by atoms with Crippen molar-refractivity contribution in [2.24, 2.45) is 0 Å². The van der Waals surface area contributed by atoms with Gasteiger partial charge in [0.05, 0.1) is 11.1 Å². The summed E-state index contributed by atoms with van der Waals surface area (Å²) in [6, 6.07) is 6.98. The van der Waals surface area contributed by atoms with E-state index in [1.54, 1.807) is 30.7 Å². The monoisotopic (exact) mass is 318 g/mol. The molecule has 0 amide bonds. The van der Waals surface area contributed by atoms with Gasteiger partial charge in [0.2, 0.25) is 10.0 Å². The molecule has 0 radical (unpaired) electrons. The van der Waals surface area contributed by atoms with Crippen molar-refractivity contribution in [3.8, 4) is 0 Å². The van der Waals surface area contributed by atoms with E-state index in [9.17, 15) is 8.42 Å². The zero-order valence-corrected chi connectivity index (χ0v) is 13.2. The van der Waals surface area contributed by atoms with E-state index >= 15 is 0 Å². The molecule has 1 aromatic carbocycles. The molecule has 0 spiro atoms. The first-order valence-electron chi connectivity index (χ1n) is 7.15. The van der Waals surface area contributed by atoms with Gasteiger partial charge in [0.1, 0.15) is 5.82 Å². The van der Waals surface area contributed by atoms with Crippen LogP contribution in [-0.2, 0) is 10.0 Å². The van der Waals surface area contributed by atoms with Crippen LogP contribution in [0.25, 0.3) is 0 Å². The first-order valence-corrected chi connectivity index (χ1v) is 8.59. The minimum absolute atomic E-state index is 0.353. The van der Waals surface area contributed by atoms with Gasteiger partial charge in [-0.15, -0.1) is 0 Å². The third kappa shape index (κ3) is 2.95. The molecule has 1 saturated heterocycles. The zero-order chi connectivity index (χ0) is 15.6.